The molecule has 1 N–H and O–H groups in total. The predicted octanol–water partition coefficient (Wildman–Crippen LogP) is 3.96. The lowest BCUT2D eigenvalue weighted by molar-refractivity contribution is -0.142. The van der Waals surface area contributed by atoms with Gasteiger partial charge in [-0.2, -0.15) is 0 Å². The molecule has 1 unspecified atom stereocenters. The fraction of sp³-hybridized carbons (Fsp3) is 0.947. The number of Topliss-reactive ketones (excluding diaryl/α,β-unsaturated/α-hetero) is 1. The van der Waals surface area contributed by atoms with Gasteiger partial charge in [-0.1, -0.05) is 13.8 Å². The largest absolute Gasteiger partial charge is 0.393 e. The molecule has 0 saturated heterocycles. The molecule has 21 heavy (non-hydrogen) atoms. The van der Waals surface area contributed by atoms with E-state index < -0.39 is 0 Å². The maximum absolute atomic E-state index is 12.4. The summed E-state index contributed by atoms with van der Waals surface area (Å²) >= 11 is 0. The van der Waals surface area contributed by atoms with Gasteiger partial charge in [0.1, 0.15) is 5.78 Å². The maximum atomic E-state index is 12.4. The Morgan fingerprint density at radius 3 is 2.62 bits per heavy atom. The van der Waals surface area contributed by atoms with Crippen LogP contribution in [0.1, 0.15) is 71.6 Å². The van der Waals surface area contributed by atoms with Crippen molar-refractivity contribution in [1.82, 2.24) is 0 Å². The topological polar surface area (TPSA) is 37.3 Å². The van der Waals surface area contributed by atoms with E-state index >= 15 is 0 Å². The standard InChI is InChI=1S/C19H30O2/c1-18-9-7-13(20)11-12(18)3-4-14-15-5-6-17(21)19(15,2)10-8-16(14)18/h12-16,20H,3-11H2,1-2H3/t12-,13+,14-,15-,16-,18?,19-/m0/s1. The van der Waals surface area contributed by atoms with Crippen LogP contribution in [0, 0.1) is 34.5 Å². The third-order valence-electron chi connectivity index (χ3n) is 8.35. The number of aliphatic hydroxyl groups is 1. The average molecular weight is 290 g/mol. The SMILES string of the molecule is CC12CC[C@@H](O)C[C@@H]1CC[C@@H]1[C@@H]2CC[C@]2(C)C(=O)CC[C@@H]12. The highest BCUT2D eigenvalue weighted by Gasteiger charge is 2.60. The Labute approximate surface area is 128 Å². The van der Waals surface area contributed by atoms with Crippen molar-refractivity contribution >= 4 is 5.78 Å². The van der Waals surface area contributed by atoms with E-state index in [1.54, 1.807) is 0 Å². The quantitative estimate of drug-likeness (QED) is 0.733. The number of ketones is 1. The van der Waals surface area contributed by atoms with Crippen LogP contribution in [0.2, 0.25) is 0 Å². The molecule has 0 aromatic carbocycles. The first-order chi connectivity index (χ1) is 9.95. The van der Waals surface area contributed by atoms with Gasteiger partial charge in [0.05, 0.1) is 6.10 Å². The average Bonchev–Trinajstić information content (AvgIpc) is 2.76. The van der Waals surface area contributed by atoms with E-state index in [0.29, 0.717) is 17.1 Å². The molecular weight excluding hydrogens is 260 g/mol. The van der Waals surface area contributed by atoms with E-state index in [0.717, 1.165) is 49.9 Å². The zero-order chi connectivity index (χ0) is 14.8. The van der Waals surface area contributed by atoms with Crippen LogP contribution in [-0.2, 0) is 4.79 Å². The number of hydrogen-bond acceptors (Lipinski definition) is 2. The van der Waals surface area contributed by atoms with Gasteiger partial charge in [-0.05, 0) is 80.5 Å². The predicted molar refractivity (Wildman–Crippen MR) is 82.7 cm³/mol. The molecule has 2 heteroatoms. The second kappa shape index (κ2) is 4.57. The van der Waals surface area contributed by atoms with Crippen molar-refractivity contribution in [2.45, 2.75) is 77.7 Å². The third-order valence-corrected chi connectivity index (χ3v) is 8.35. The fourth-order valence-corrected chi connectivity index (χ4v) is 7.01. The molecule has 0 amide bonds. The van der Waals surface area contributed by atoms with Gasteiger partial charge in [-0.3, -0.25) is 4.79 Å². The van der Waals surface area contributed by atoms with Crippen LogP contribution in [-0.4, -0.2) is 17.0 Å². The molecule has 4 fully saturated rings. The molecule has 2 nitrogen and oxygen atoms in total. The zero-order valence-electron chi connectivity index (χ0n) is 13.6. The van der Waals surface area contributed by atoms with Crippen molar-refractivity contribution in [2.24, 2.45) is 34.5 Å². The normalized spacial score (nSPS) is 56.5. The summed E-state index contributed by atoms with van der Waals surface area (Å²) in [7, 11) is 0. The van der Waals surface area contributed by atoms with E-state index in [-0.39, 0.29) is 11.5 Å². The van der Waals surface area contributed by atoms with Crippen molar-refractivity contribution in [3.63, 3.8) is 0 Å². The van der Waals surface area contributed by atoms with Crippen molar-refractivity contribution in [3.8, 4) is 0 Å². The van der Waals surface area contributed by atoms with E-state index in [4.69, 9.17) is 0 Å². The van der Waals surface area contributed by atoms with Crippen molar-refractivity contribution in [1.29, 1.82) is 0 Å². The van der Waals surface area contributed by atoms with Crippen molar-refractivity contribution < 1.29 is 9.90 Å². The van der Waals surface area contributed by atoms with Crippen LogP contribution in [0.15, 0.2) is 0 Å². The minimum absolute atomic E-state index is 0.0124. The summed E-state index contributed by atoms with van der Waals surface area (Å²) in [4.78, 5) is 12.4. The summed E-state index contributed by atoms with van der Waals surface area (Å²) in [5, 5.41) is 10.0. The van der Waals surface area contributed by atoms with Crippen LogP contribution < -0.4 is 0 Å². The summed E-state index contributed by atoms with van der Waals surface area (Å²) in [6, 6.07) is 0. The number of aliphatic hydroxyl groups excluding tert-OH is 1. The number of carbonyl (C=O) groups is 1. The van der Waals surface area contributed by atoms with Gasteiger partial charge in [-0.15, -0.1) is 0 Å². The molecule has 0 aromatic rings. The Morgan fingerprint density at radius 2 is 1.81 bits per heavy atom. The van der Waals surface area contributed by atoms with Gasteiger partial charge in [0.15, 0.2) is 0 Å². The molecule has 118 valence electrons. The maximum Gasteiger partial charge on any atom is 0.139 e. The molecule has 0 aliphatic heterocycles. The lowest BCUT2D eigenvalue weighted by Gasteiger charge is -2.60. The Hall–Kier alpha value is -0.370. The molecule has 4 saturated carbocycles. The molecule has 4 aliphatic carbocycles. The molecular formula is C19H30O2. The van der Waals surface area contributed by atoms with Crippen LogP contribution >= 0.6 is 0 Å². The lowest BCUT2D eigenvalue weighted by Crippen LogP contribution is -2.54. The van der Waals surface area contributed by atoms with Crippen LogP contribution in [0.25, 0.3) is 0 Å². The molecule has 0 heterocycles. The first kappa shape index (κ1) is 14.2. The monoisotopic (exact) mass is 290 g/mol. The molecule has 0 aromatic heterocycles. The van der Waals surface area contributed by atoms with Gasteiger partial charge < -0.3 is 5.11 Å². The molecule has 0 spiro atoms. The molecule has 4 aliphatic rings. The highest BCUT2D eigenvalue weighted by Crippen LogP contribution is 2.65. The highest BCUT2D eigenvalue weighted by molar-refractivity contribution is 5.87. The van der Waals surface area contributed by atoms with E-state index in [2.05, 4.69) is 13.8 Å². The summed E-state index contributed by atoms with van der Waals surface area (Å²) in [6.45, 7) is 4.78. The minimum Gasteiger partial charge on any atom is -0.393 e. The highest BCUT2D eigenvalue weighted by atomic mass is 16.3. The third kappa shape index (κ3) is 1.84. The number of rotatable bonds is 0. The first-order valence-corrected chi connectivity index (χ1v) is 9.16. The van der Waals surface area contributed by atoms with Crippen molar-refractivity contribution in [3.05, 3.63) is 0 Å². The molecule has 4 rings (SSSR count). The second-order valence-electron chi connectivity index (χ2n) is 9.00. The van der Waals surface area contributed by atoms with Gasteiger partial charge >= 0.3 is 0 Å². The minimum atomic E-state index is -0.0541. The van der Waals surface area contributed by atoms with E-state index in [1.807, 2.05) is 0 Å². The van der Waals surface area contributed by atoms with Gasteiger partial charge in [-0.25, -0.2) is 0 Å². The Balaban J connectivity index is 1.64. The molecule has 7 atom stereocenters. The van der Waals surface area contributed by atoms with Crippen molar-refractivity contribution in [2.75, 3.05) is 0 Å². The van der Waals surface area contributed by atoms with Gasteiger partial charge in [0.2, 0.25) is 0 Å². The Morgan fingerprint density at radius 1 is 1.00 bits per heavy atom. The second-order valence-corrected chi connectivity index (χ2v) is 9.00. The number of carbonyl (C=O) groups excluding carboxylic acids is 1. The number of fused-ring (bicyclic) bond motifs is 5. The van der Waals surface area contributed by atoms with E-state index in [1.165, 1.54) is 25.7 Å². The fourth-order valence-electron chi connectivity index (χ4n) is 7.01. The number of hydrogen-bond donors (Lipinski definition) is 1. The zero-order valence-corrected chi connectivity index (χ0v) is 13.6. The van der Waals surface area contributed by atoms with E-state index in [9.17, 15) is 9.90 Å². The molecule has 0 radical (unpaired) electrons. The Bertz CT molecular complexity index is 458. The summed E-state index contributed by atoms with van der Waals surface area (Å²) < 4.78 is 0. The lowest BCUT2D eigenvalue weighted by atomic mass is 9.45. The summed E-state index contributed by atoms with van der Waals surface area (Å²) in [5.41, 5.74) is 0.452. The van der Waals surface area contributed by atoms with Crippen LogP contribution in [0.5, 0.6) is 0 Å². The summed E-state index contributed by atoms with van der Waals surface area (Å²) in [6.07, 6.45) is 10.1. The first-order valence-electron chi connectivity index (χ1n) is 9.16. The molecule has 0 bridgehead atoms. The smallest absolute Gasteiger partial charge is 0.139 e. The van der Waals surface area contributed by atoms with Gasteiger partial charge in [0, 0.05) is 11.8 Å². The van der Waals surface area contributed by atoms with Crippen LogP contribution in [0.4, 0.5) is 0 Å². The van der Waals surface area contributed by atoms with Crippen LogP contribution in [0.3, 0.4) is 0 Å². The Kier molecular flexibility index (Phi) is 3.10. The van der Waals surface area contributed by atoms with Gasteiger partial charge in [0.25, 0.3) is 0 Å². The summed E-state index contributed by atoms with van der Waals surface area (Å²) in [5.74, 6) is 3.54.